The van der Waals surface area contributed by atoms with Crippen LogP contribution in [0.4, 0.5) is 11.6 Å². The number of pyridine rings is 2. The fraction of sp³-hybridized carbons (Fsp3) is 0.286. The number of amides is 3. The van der Waals surface area contributed by atoms with Gasteiger partial charge in [-0.15, -0.1) is 0 Å². The van der Waals surface area contributed by atoms with Crippen LogP contribution < -0.4 is 26.7 Å². The molecule has 6 aromatic rings. The monoisotopic (exact) mass is 794 g/mol. The number of aryl methyl sites for hydroxylation is 2. The Morgan fingerprint density at radius 3 is 1.49 bits per heavy atom. The summed E-state index contributed by atoms with van der Waals surface area (Å²) in [6.45, 7) is 5.08. The molecule has 2 saturated heterocycles. The highest BCUT2D eigenvalue weighted by Gasteiger charge is 2.23. The maximum absolute atomic E-state index is 12.6. The van der Waals surface area contributed by atoms with Crippen LogP contribution in [0.25, 0.3) is 21.8 Å². The first-order chi connectivity index (χ1) is 28.6. The van der Waals surface area contributed by atoms with Crippen LogP contribution >= 0.6 is 0 Å². The number of H-pyrrole nitrogens is 2. The van der Waals surface area contributed by atoms with Gasteiger partial charge in [0.2, 0.25) is 17.7 Å². The Hall–Kier alpha value is -7.48. The Balaban J connectivity index is 0.000000179. The normalized spacial score (nSPS) is 14.1. The van der Waals surface area contributed by atoms with E-state index in [-0.39, 0.29) is 29.4 Å². The van der Waals surface area contributed by atoms with E-state index in [1.54, 1.807) is 60.8 Å². The zero-order valence-corrected chi connectivity index (χ0v) is 32.2. The third kappa shape index (κ3) is 9.74. The van der Waals surface area contributed by atoms with Crippen LogP contribution in [0.1, 0.15) is 40.4 Å². The van der Waals surface area contributed by atoms with E-state index in [9.17, 15) is 24.0 Å². The van der Waals surface area contributed by atoms with Crippen LogP contribution in [0.5, 0.6) is 0 Å². The van der Waals surface area contributed by atoms with Gasteiger partial charge in [0.05, 0.1) is 32.9 Å². The number of piperazine rings is 2. The minimum Gasteiger partial charge on any atom is -0.366 e. The van der Waals surface area contributed by atoms with Gasteiger partial charge in [-0.2, -0.15) is 5.26 Å². The van der Waals surface area contributed by atoms with Gasteiger partial charge in [-0.1, -0.05) is 24.3 Å². The van der Waals surface area contributed by atoms with Crippen LogP contribution in [0.15, 0.2) is 94.8 Å². The molecule has 300 valence electrons. The van der Waals surface area contributed by atoms with Gasteiger partial charge < -0.3 is 35.3 Å². The predicted octanol–water partition coefficient (Wildman–Crippen LogP) is 2.17. The number of hydrogen-bond acceptors (Lipinski definition) is 12. The molecule has 2 aromatic carbocycles. The van der Waals surface area contributed by atoms with E-state index in [1.165, 1.54) is 6.20 Å². The number of nitrogens with zero attached hydrogens (tertiary/aromatic N) is 9. The largest absolute Gasteiger partial charge is 0.366 e. The third-order valence-corrected chi connectivity index (χ3v) is 10.3. The average molecular weight is 795 g/mol. The van der Waals surface area contributed by atoms with Gasteiger partial charge in [0.1, 0.15) is 29.4 Å². The number of hydrogen-bond donors (Lipinski definition) is 3. The Bertz CT molecular complexity index is 2620. The molecule has 0 saturated carbocycles. The topological polar surface area (TPSA) is 231 Å². The van der Waals surface area contributed by atoms with Gasteiger partial charge in [0.25, 0.3) is 11.1 Å². The smallest absolute Gasteiger partial charge is 0.258 e. The number of aromatic nitrogens is 6. The highest BCUT2D eigenvalue weighted by Crippen LogP contribution is 2.17. The van der Waals surface area contributed by atoms with E-state index in [2.05, 4.69) is 45.8 Å². The summed E-state index contributed by atoms with van der Waals surface area (Å²) in [4.78, 5) is 91.5. The van der Waals surface area contributed by atoms with Crippen molar-refractivity contribution in [3.63, 3.8) is 0 Å². The van der Waals surface area contributed by atoms with Gasteiger partial charge in [-0.25, -0.2) is 19.9 Å². The minimum atomic E-state index is -0.508. The number of benzene rings is 2. The maximum atomic E-state index is 12.6. The summed E-state index contributed by atoms with van der Waals surface area (Å²) in [5, 5.41) is 9.96. The van der Waals surface area contributed by atoms with Crippen molar-refractivity contribution in [2.75, 3.05) is 62.2 Å². The second kappa shape index (κ2) is 18.2. The molecule has 2 aliphatic heterocycles. The second-order valence-electron chi connectivity index (χ2n) is 14.1. The maximum Gasteiger partial charge on any atom is 0.258 e. The SMILES string of the molecule is N#Cc1ccc(N2CCN(C(=O)CCc3nc4ccccc4c(=O)[nH]3)CC2)nc1.NC(=O)c1ccc(N2CCN(C(=O)CCc3nc4ccccc4c(=O)[nH]3)CC2)nc1. The molecule has 6 heterocycles. The molecule has 2 fully saturated rings. The zero-order chi connectivity index (χ0) is 41.3. The number of rotatable bonds is 9. The molecule has 17 nitrogen and oxygen atoms in total. The molecule has 0 spiro atoms. The number of aromatic amines is 2. The zero-order valence-electron chi connectivity index (χ0n) is 32.2. The number of nitrogens with one attached hydrogen (secondary N) is 2. The number of primary amides is 1. The number of carbonyl (C=O) groups excluding carboxylic acids is 3. The molecule has 17 heteroatoms. The summed E-state index contributed by atoms with van der Waals surface area (Å²) >= 11 is 0. The highest BCUT2D eigenvalue weighted by atomic mass is 16.2. The summed E-state index contributed by atoms with van der Waals surface area (Å²) in [7, 11) is 0. The molecule has 3 amide bonds. The lowest BCUT2D eigenvalue weighted by Gasteiger charge is -2.35. The number of anilines is 2. The van der Waals surface area contributed by atoms with Crippen LogP contribution in [-0.2, 0) is 22.4 Å². The van der Waals surface area contributed by atoms with Crippen molar-refractivity contribution in [3.05, 3.63) is 129 Å². The van der Waals surface area contributed by atoms with E-state index in [0.29, 0.717) is 116 Å². The molecule has 4 aromatic heterocycles. The number of para-hydroxylation sites is 2. The molecule has 8 rings (SSSR count). The van der Waals surface area contributed by atoms with E-state index in [0.717, 1.165) is 11.6 Å². The van der Waals surface area contributed by atoms with E-state index in [1.807, 2.05) is 28.0 Å². The van der Waals surface area contributed by atoms with Crippen molar-refractivity contribution in [3.8, 4) is 6.07 Å². The van der Waals surface area contributed by atoms with Crippen molar-refractivity contribution in [1.82, 2.24) is 39.7 Å². The summed E-state index contributed by atoms with van der Waals surface area (Å²) in [5.74, 6) is 2.19. The first kappa shape index (κ1) is 39.7. The van der Waals surface area contributed by atoms with Gasteiger partial charge in [0, 0.05) is 90.4 Å². The van der Waals surface area contributed by atoms with Crippen molar-refractivity contribution >= 4 is 51.2 Å². The number of nitriles is 1. The Morgan fingerprint density at radius 2 is 1.08 bits per heavy atom. The lowest BCUT2D eigenvalue weighted by Crippen LogP contribution is -2.49. The van der Waals surface area contributed by atoms with E-state index < -0.39 is 5.91 Å². The predicted molar refractivity (Wildman–Crippen MR) is 221 cm³/mol. The fourth-order valence-corrected chi connectivity index (χ4v) is 7.00. The first-order valence-corrected chi connectivity index (χ1v) is 19.3. The number of carbonyl (C=O) groups is 3. The molecule has 0 aliphatic carbocycles. The number of fused-ring (bicyclic) bond motifs is 2. The molecule has 2 aliphatic rings. The van der Waals surface area contributed by atoms with Crippen molar-refractivity contribution in [1.29, 1.82) is 5.26 Å². The van der Waals surface area contributed by atoms with E-state index >= 15 is 0 Å². The fourth-order valence-electron chi connectivity index (χ4n) is 7.00. The Morgan fingerprint density at radius 1 is 0.627 bits per heavy atom. The van der Waals surface area contributed by atoms with E-state index in [4.69, 9.17) is 11.0 Å². The summed E-state index contributed by atoms with van der Waals surface area (Å²) in [6.07, 6.45) is 4.39. The molecule has 0 atom stereocenters. The lowest BCUT2D eigenvalue weighted by molar-refractivity contribution is -0.132. The third-order valence-electron chi connectivity index (χ3n) is 10.3. The van der Waals surface area contributed by atoms with Gasteiger partial charge in [-0.05, 0) is 48.5 Å². The average Bonchev–Trinajstić information content (AvgIpc) is 3.28. The standard InChI is InChI=1S/C21H22N6O3.C21H20N6O2/c22-20(29)14-5-7-18(23-13-14)26-9-11-27(12-10-26)19(28)8-6-17-24-16-4-2-1-3-15(16)21(30)25-17;22-13-15-5-7-19(23-14-15)26-9-11-27(12-10-26)20(28)8-6-18-24-17-4-2-1-3-16(17)21(29)25-18/h1-5,7,13H,6,8-12H2,(H2,22,29)(H,24,25,30);1-5,7,14H,6,8-12H2,(H,24,25,29). The quantitative estimate of drug-likeness (QED) is 0.191. The summed E-state index contributed by atoms with van der Waals surface area (Å²) in [6, 6.07) is 23.4. The van der Waals surface area contributed by atoms with Gasteiger partial charge in [-0.3, -0.25) is 24.0 Å². The molecule has 4 N–H and O–H groups in total. The van der Waals surface area contributed by atoms with Crippen LogP contribution in [0.2, 0.25) is 0 Å². The Labute approximate surface area is 338 Å². The lowest BCUT2D eigenvalue weighted by atomic mass is 10.2. The molecule has 59 heavy (non-hydrogen) atoms. The first-order valence-electron chi connectivity index (χ1n) is 19.3. The molecule has 0 unspecified atom stereocenters. The summed E-state index contributed by atoms with van der Waals surface area (Å²) < 4.78 is 0. The van der Waals surface area contributed by atoms with Crippen molar-refractivity contribution in [2.24, 2.45) is 5.73 Å². The number of nitrogens with two attached hydrogens (primary N) is 1. The molecular formula is C42H42N12O5. The van der Waals surface area contributed by atoms with Crippen molar-refractivity contribution in [2.45, 2.75) is 25.7 Å². The highest BCUT2D eigenvalue weighted by molar-refractivity contribution is 5.92. The van der Waals surface area contributed by atoms with Crippen LogP contribution in [0, 0.1) is 11.3 Å². The van der Waals surface area contributed by atoms with Gasteiger partial charge >= 0.3 is 0 Å². The summed E-state index contributed by atoms with van der Waals surface area (Å²) in [5.41, 5.74) is 7.04. The Kier molecular flexibility index (Phi) is 12.3. The minimum absolute atomic E-state index is 0.0301. The van der Waals surface area contributed by atoms with Crippen LogP contribution in [-0.4, -0.2) is 110 Å². The van der Waals surface area contributed by atoms with Crippen LogP contribution in [0.3, 0.4) is 0 Å². The second-order valence-corrected chi connectivity index (χ2v) is 14.1. The van der Waals surface area contributed by atoms with Gasteiger partial charge in [0.15, 0.2) is 0 Å². The molecule has 0 bridgehead atoms. The molecule has 0 radical (unpaired) electrons. The van der Waals surface area contributed by atoms with Crippen molar-refractivity contribution < 1.29 is 14.4 Å². The molecular weight excluding hydrogens is 753 g/mol.